The third-order valence-corrected chi connectivity index (χ3v) is 5.58. The van der Waals surface area contributed by atoms with Crippen LogP contribution in [0, 0.1) is 6.92 Å². The number of hydrogen-bond donors (Lipinski definition) is 1. The van der Waals surface area contributed by atoms with Crippen LogP contribution in [0.5, 0.6) is 11.5 Å². The Hall–Kier alpha value is -3.86. The van der Waals surface area contributed by atoms with Crippen molar-refractivity contribution >= 4 is 17.9 Å². The van der Waals surface area contributed by atoms with Gasteiger partial charge in [0.25, 0.3) is 11.8 Å². The molecule has 168 valence electrons. The number of carbonyl (C=O) groups excluding carboxylic acids is 2. The fourth-order valence-electron chi connectivity index (χ4n) is 3.78. The highest BCUT2D eigenvalue weighted by Crippen LogP contribution is 2.23. The predicted molar refractivity (Wildman–Crippen MR) is 130 cm³/mol. The van der Waals surface area contributed by atoms with Crippen LogP contribution in [0.1, 0.15) is 40.7 Å². The third-order valence-electron chi connectivity index (χ3n) is 5.58. The standard InChI is InChI=1S/C28H28N2O3/c1-21-13-15-23(16-14-21)27(31)29-26(28(32)30-17-6-3-7-18-30)20-22-9-8-12-25(19-22)33-24-10-4-2-5-11-24/h2,4-5,8-16,19-20H,3,6-7,17-18H2,1H3,(H,29,31)/b26-20+. The van der Waals surface area contributed by atoms with Crippen molar-refractivity contribution in [2.75, 3.05) is 13.1 Å². The van der Waals surface area contributed by atoms with Crippen molar-refractivity contribution in [2.45, 2.75) is 26.2 Å². The summed E-state index contributed by atoms with van der Waals surface area (Å²) in [4.78, 5) is 28.0. The molecule has 33 heavy (non-hydrogen) atoms. The van der Waals surface area contributed by atoms with Crippen LogP contribution < -0.4 is 10.1 Å². The van der Waals surface area contributed by atoms with Crippen LogP contribution in [0.3, 0.4) is 0 Å². The smallest absolute Gasteiger partial charge is 0.270 e. The molecule has 2 amide bonds. The lowest BCUT2D eigenvalue weighted by Crippen LogP contribution is -2.41. The average Bonchev–Trinajstić information content (AvgIpc) is 2.85. The van der Waals surface area contributed by atoms with E-state index in [4.69, 9.17) is 4.74 Å². The zero-order valence-electron chi connectivity index (χ0n) is 18.8. The lowest BCUT2D eigenvalue weighted by Gasteiger charge is -2.27. The van der Waals surface area contributed by atoms with Gasteiger partial charge in [-0.3, -0.25) is 9.59 Å². The monoisotopic (exact) mass is 440 g/mol. The number of piperidine rings is 1. The van der Waals surface area contributed by atoms with E-state index >= 15 is 0 Å². The van der Waals surface area contributed by atoms with Crippen molar-refractivity contribution in [1.29, 1.82) is 0 Å². The molecule has 1 heterocycles. The summed E-state index contributed by atoms with van der Waals surface area (Å²) >= 11 is 0. The highest BCUT2D eigenvalue weighted by atomic mass is 16.5. The first-order chi connectivity index (χ1) is 16.1. The lowest BCUT2D eigenvalue weighted by atomic mass is 10.1. The van der Waals surface area contributed by atoms with Gasteiger partial charge in [-0.15, -0.1) is 0 Å². The van der Waals surface area contributed by atoms with Crippen molar-refractivity contribution in [3.8, 4) is 11.5 Å². The molecule has 0 unspecified atom stereocenters. The summed E-state index contributed by atoms with van der Waals surface area (Å²) in [5, 5.41) is 2.86. The molecule has 0 saturated carbocycles. The first-order valence-electron chi connectivity index (χ1n) is 11.3. The van der Waals surface area contributed by atoms with Crippen molar-refractivity contribution < 1.29 is 14.3 Å². The van der Waals surface area contributed by atoms with Crippen molar-refractivity contribution in [1.82, 2.24) is 10.2 Å². The minimum absolute atomic E-state index is 0.162. The third kappa shape index (κ3) is 6.10. The Morgan fingerprint density at radius 2 is 1.55 bits per heavy atom. The van der Waals surface area contributed by atoms with E-state index in [1.54, 1.807) is 18.2 Å². The number of benzene rings is 3. The minimum atomic E-state index is -0.303. The maximum atomic E-state index is 13.3. The SMILES string of the molecule is Cc1ccc(C(=O)N/C(=C/c2cccc(Oc3ccccc3)c2)C(=O)N2CCCCC2)cc1. The number of likely N-dealkylation sites (tertiary alicyclic amines) is 1. The quantitative estimate of drug-likeness (QED) is 0.510. The molecule has 1 aliphatic rings. The molecule has 0 aromatic heterocycles. The van der Waals surface area contributed by atoms with Gasteiger partial charge in [-0.2, -0.15) is 0 Å². The molecule has 1 N–H and O–H groups in total. The molecular weight excluding hydrogens is 412 g/mol. The van der Waals surface area contributed by atoms with E-state index in [2.05, 4.69) is 5.32 Å². The number of para-hydroxylation sites is 1. The molecule has 1 aliphatic heterocycles. The van der Waals surface area contributed by atoms with Crippen molar-refractivity contribution in [3.05, 3.63) is 101 Å². The van der Waals surface area contributed by atoms with Crippen LogP contribution in [-0.4, -0.2) is 29.8 Å². The van der Waals surface area contributed by atoms with Gasteiger partial charge in [-0.25, -0.2) is 0 Å². The van der Waals surface area contributed by atoms with Gasteiger partial charge in [0.05, 0.1) is 0 Å². The maximum absolute atomic E-state index is 13.3. The van der Waals surface area contributed by atoms with Crippen LogP contribution in [0.15, 0.2) is 84.6 Å². The molecule has 3 aromatic rings. The molecule has 1 saturated heterocycles. The van der Waals surface area contributed by atoms with E-state index in [1.165, 1.54) is 0 Å². The maximum Gasteiger partial charge on any atom is 0.270 e. The summed E-state index contributed by atoms with van der Waals surface area (Å²) in [6.45, 7) is 3.37. The Kier molecular flexibility index (Phi) is 7.20. The first kappa shape index (κ1) is 22.3. The molecule has 0 aliphatic carbocycles. The Balaban J connectivity index is 1.60. The van der Waals surface area contributed by atoms with E-state index in [0.29, 0.717) is 24.4 Å². The Labute approximate surface area is 194 Å². The second-order valence-electron chi connectivity index (χ2n) is 8.22. The molecule has 0 atom stereocenters. The number of hydrogen-bond acceptors (Lipinski definition) is 3. The second kappa shape index (κ2) is 10.6. The van der Waals surface area contributed by atoms with Crippen LogP contribution >= 0.6 is 0 Å². The second-order valence-corrected chi connectivity index (χ2v) is 8.22. The number of nitrogens with one attached hydrogen (secondary N) is 1. The molecule has 5 heteroatoms. The van der Waals surface area contributed by atoms with Gasteiger partial charge in [-0.1, -0.05) is 48.0 Å². The van der Waals surface area contributed by atoms with Crippen LogP contribution in [-0.2, 0) is 4.79 Å². The van der Waals surface area contributed by atoms with E-state index in [9.17, 15) is 9.59 Å². The number of aryl methyl sites for hydroxylation is 1. The minimum Gasteiger partial charge on any atom is -0.457 e. The number of ether oxygens (including phenoxy) is 1. The van der Waals surface area contributed by atoms with Crippen LogP contribution in [0.2, 0.25) is 0 Å². The summed E-state index contributed by atoms with van der Waals surface area (Å²) in [6, 6.07) is 24.3. The normalized spacial score (nSPS) is 14.0. The molecule has 0 radical (unpaired) electrons. The summed E-state index contributed by atoms with van der Waals surface area (Å²) < 4.78 is 5.93. The van der Waals surface area contributed by atoms with Crippen molar-refractivity contribution in [3.63, 3.8) is 0 Å². The van der Waals surface area contributed by atoms with Crippen LogP contribution in [0.25, 0.3) is 6.08 Å². The molecule has 1 fully saturated rings. The molecule has 5 nitrogen and oxygen atoms in total. The van der Waals surface area contributed by atoms with Gasteiger partial charge >= 0.3 is 0 Å². The van der Waals surface area contributed by atoms with E-state index in [0.717, 1.165) is 36.1 Å². The largest absolute Gasteiger partial charge is 0.457 e. The van der Waals surface area contributed by atoms with Crippen LogP contribution in [0.4, 0.5) is 0 Å². The summed E-state index contributed by atoms with van der Waals surface area (Å²) in [5.74, 6) is 0.924. The van der Waals surface area contributed by atoms with E-state index in [1.807, 2.05) is 78.6 Å². The van der Waals surface area contributed by atoms with Gasteiger partial charge in [0.1, 0.15) is 17.2 Å². The topological polar surface area (TPSA) is 58.6 Å². The summed E-state index contributed by atoms with van der Waals surface area (Å²) in [7, 11) is 0. The van der Waals surface area contributed by atoms with Gasteiger partial charge in [-0.05, 0) is 74.2 Å². The molecule has 0 spiro atoms. The summed E-state index contributed by atoms with van der Waals surface area (Å²) in [6.07, 6.45) is 4.80. The van der Waals surface area contributed by atoms with Crippen molar-refractivity contribution in [2.24, 2.45) is 0 Å². The number of nitrogens with zero attached hydrogens (tertiary/aromatic N) is 1. The average molecular weight is 441 g/mol. The molecular formula is C28H28N2O3. The summed E-state index contributed by atoms with van der Waals surface area (Å²) in [5.41, 5.74) is 2.62. The van der Waals surface area contributed by atoms with Gasteiger partial charge in [0, 0.05) is 18.7 Å². The molecule has 3 aromatic carbocycles. The Morgan fingerprint density at radius 3 is 2.27 bits per heavy atom. The lowest BCUT2D eigenvalue weighted by molar-refractivity contribution is -0.128. The number of rotatable bonds is 6. The van der Waals surface area contributed by atoms with Gasteiger partial charge in [0.2, 0.25) is 0 Å². The highest BCUT2D eigenvalue weighted by molar-refractivity contribution is 6.05. The van der Waals surface area contributed by atoms with E-state index < -0.39 is 0 Å². The zero-order chi connectivity index (χ0) is 23.0. The highest BCUT2D eigenvalue weighted by Gasteiger charge is 2.22. The predicted octanol–water partition coefficient (Wildman–Crippen LogP) is 5.57. The Bertz CT molecular complexity index is 1130. The van der Waals surface area contributed by atoms with Gasteiger partial charge < -0.3 is 15.0 Å². The van der Waals surface area contributed by atoms with E-state index in [-0.39, 0.29) is 17.5 Å². The number of amides is 2. The molecule has 4 rings (SSSR count). The van der Waals surface area contributed by atoms with Gasteiger partial charge in [0.15, 0.2) is 0 Å². The fourth-order valence-corrected chi connectivity index (χ4v) is 3.78. The first-order valence-corrected chi connectivity index (χ1v) is 11.3. The molecule has 0 bridgehead atoms. The fraction of sp³-hybridized carbons (Fsp3) is 0.214. The Morgan fingerprint density at radius 1 is 0.848 bits per heavy atom. The zero-order valence-corrected chi connectivity index (χ0v) is 18.8. The number of carbonyl (C=O) groups is 2.